The molecule has 0 fully saturated rings. The molecule has 2 aliphatic heterocycles. The summed E-state index contributed by atoms with van der Waals surface area (Å²) in [6.45, 7) is 36.9. The second kappa shape index (κ2) is 8.99. The Morgan fingerprint density at radius 3 is 1.77 bits per heavy atom. The topological polar surface area (TPSA) is 16.3 Å². The molecule has 0 amide bonds. The molecule has 0 aromatic carbocycles. The first kappa shape index (κ1) is 30.4. The van der Waals surface area contributed by atoms with Crippen molar-refractivity contribution in [2.45, 2.75) is 149 Å². The Labute approximate surface area is 241 Å². The average molecular weight is 537 g/mol. The Hall–Kier alpha value is -1.52. The highest BCUT2D eigenvalue weighted by molar-refractivity contribution is 5.44. The van der Waals surface area contributed by atoms with Crippen molar-refractivity contribution in [1.29, 1.82) is 0 Å². The highest BCUT2D eigenvalue weighted by atomic mass is 15.3. The maximum atomic E-state index is 2.84. The third kappa shape index (κ3) is 5.07. The SMILES string of the molecule is Cn1c(C(C)(C)C)cc2c1CN(C(C)(C)C)CC2(C)CC1(C)c2c(cc(C(C)(C)C)n2C)CCN1C(C)(C)C. The molecule has 0 aliphatic carbocycles. The van der Waals surface area contributed by atoms with Crippen LogP contribution in [0.2, 0.25) is 0 Å². The summed E-state index contributed by atoms with van der Waals surface area (Å²) in [6, 6.07) is 5.11. The van der Waals surface area contributed by atoms with Gasteiger partial charge in [0, 0.05) is 83.8 Å². The fourth-order valence-electron chi connectivity index (χ4n) is 8.35. The van der Waals surface area contributed by atoms with Crippen LogP contribution in [0, 0.1) is 0 Å². The third-order valence-electron chi connectivity index (χ3n) is 9.94. The molecule has 2 aliphatic rings. The zero-order valence-corrected chi connectivity index (χ0v) is 28.5. The van der Waals surface area contributed by atoms with Gasteiger partial charge < -0.3 is 9.13 Å². The van der Waals surface area contributed by atoms with E-state index in [0.717, 1.165) is 32.5 Å². The molecule has 2 unspecified atom stereocenters. The number of rotatable bonds is 2. The molecule has 4 nitrogen and oxygen atoms in total. The normalized spacial score (nSPS) is 25.6. The lowest BCUT2D eigenvalue weighted by atomic mass is 9.66. The molecule has 0 spiro atoms. The van der Waals surface area contributed by atoms with Gasteiger partial charge in [-0.2, -0.15) is 0 Å². The summed E-state index contributed by atoms with van der Waals surface area (Å²) < 4.78 is 5.11. The summed E-state index contributed by atoms with van der Waals surface area (Å²) in [6.07, 6.45) is 2.22. The van der Waals surface area contributed by atoms with E-state index in [1.165, 1.54) is 22.8 Å². The van der Waals surface area contributed by atoms with Gasteiger partial charge in [0.05, 0.1) is 5.54 Å². The molecule has 0 bridgehead atoms. The minimum atomic E-state index is -0.0886. The second-order valence-corrected chi connectivity index (χ2v) is 17.5. The van der Waals surface area contributed by atoms with Crippen LogP contribution in [0.5, 0.6) is 0 Å². The Kier molecular flexibility index (Phi) is 7.01. The van der Waals surface area contributed by atoms with Crippen LogP contribution < -0.4 is 0 Å². The fourth-order valence-corrected chi connectivity index (χ4v) is 8.35. The Morgan fingerprint density at radius 1 is 0.744 bits per heavy atom. The average Bonchev–Trinajstić information content (AvgIpc) is 3.24. The van der Waals surface area contributed by atoms with E-state index in [1.54, 1.807) is 11.1 Å². The van der Waals surface area contributed by atoms with Gasteiger partial charge >= 0.3 is 0 Å². The summed E-state index contributed by atoms with van der Waals surface area (Å²) in [4.78, 5) is 5.57. The Balaban J connectivity index is 1.97. The number of aromatic nitrogens is 2. The van der Waals surface area contributed by atoms with Gasteiger partial charge in [0.25, 0.3) is 0 Å². The maximum Gasteiger partial charge on any atom is 0.0601 e. The van der Waals surface area contributed by atoms with Crippen molar-refractivity contribution in [3.05, 3.63) is 46.0 Å². The number of nitrogens with zero attached hydrogens (tertiary/aromatic N) is 4. The van der Waals surface area contributed by atoms with E-state index >= 15 is 0 Å². The molecule has 0 radical (unpaired) electrons. The molecule has 4 heterocycles. The van der Waals surface area contributed by atoms with E-state index in [0.29, 0.717) is 0 Å². The molecule has 0 saturated carbocycles. The van der Waals surface area contributed by atoms with E-state index in [1.807, 2.05) is 0 Å². The van der Waals surface area contributed by atoms with E-state index in [2.05, 4.69) is 142 Å². The quantitative estimate of drug-likeness (QED) is 0.389. The van der Waals surface area contributed by atoms with Crippen molar-refractivity contribution in [3.63, 3.8) is 0 Å². The number of fused-ring (bicyclic) bond motifs is 2. The molecular formula is C35H60N4. The van der Waals surface area contributed by atoms with Gasteiger partial charge in [0.15, 0.2) is 0 Å². The van der Waals surface area contributed by atoms with Gasteiger partial charge in [0.1, 0.15) is 0 Å². The smallest absolute Gasteiger partial charge is 0.0601 e. The van der Waals surface area contributed by atoms with Gasteiger partial charge in [-0.25, -0.2) is 0 Å². The van der Waals surface area contributed by atoms with Crippen LogP contribution in [-0.2, 0) is 48.8 Å². The molecule has 0 N–H and O–H groups in total. The molecular weight excluding hydrogens is 476 g/mol. The first-order valence-electron chi connectivity index (χ1n) is 15.3. The van der Waals surface area contributed by atoms with E-state index in [9.17, 15) is 0 Å². The standard InChI is InChI=1S/C35H60N4/c1-30(2,3)27-19-24-17-18-39(33(10,11)12)35(14,29(24)37(27)16)22-34(13)23-38(32(7,8)9)21-26-25(34)20-28(36(26)15)31(4,5)6/h19-20H,17-18,21-23H2,1-16H3. The van der Waals surface area contributed by atoms with Crippen LogP contribution >= 0.6 is 0 Å². The summed E-state index contributed by atoms with van der Waals surface area (Å²) in [5, 5.41) is 0. The minimum Gasteiger partial charge on any atom is -0.350 e. The molecule has 2 atom stereocenters. The van der Waals surface area contributed by atoms with Gasteiger partial charge in [-0.15, -0.1) is 0 Å². The highest BCUT2D eigenvalue weighted by Crippen LogP contribution is 2.52. The summed E-state index contributed by atoms with van der Waals surface area (Å²) in [7, 11) is 4.64. The van der Waals surface area contributed by atoms with Crippen molar-refractivity contribution in [1.82, 2.24) is 18.9 Å². The van der Waals surface area contributed by atoms with Crippen LogP contribution in [0.15, 0.2) is 12.1 Å². The summed E-state index contributed by atoms with van der Waals surface area (Å²) in [5.74, 6) is 0. The maximum absolute atomic E-state index is 2.84. The lowest BCUT2D eigenvalue weighted by Crippen LogP contribution is -2.61. The fraction of sp³-hybridized carbons (Fsp3) is 0.771. The van der Waals surface area contributed by atoms with Crippen molar-refractivity contribution in [2.24, 2.45) is 14.1 Å². The van der Waals surface area contributed by atoms with Crippen molar-refractivity contribution in [3.8, 4) is 0 Å². The predicted octanol–water partition coefficient (Wildman–Crippen LogP) is 7.79. The lowest BCUT2D eigenvalue weighted by Gasteiger charge is -2.56. The second-order valence-electron chi connectivity index (χ2n) is 17.5. The third-order valence-corrected chi connectivity index (χ3v) is 9.94. The molecule has 2 aromatic rings. The summed E-state index contributed by atoms with van der Waals surface area (Å²) in [5.41, 5.74) is 9.41. The van der Waals surface area contributed by atoms with E-state index in [4.69, 9.17) is 0 Å². The molecule has 4 rings (SSSR count). The van der Waals surface area contributed by atoms with Crippen LogP contribution in [-0.4, -0.2) is 43.1 Å². The molecule has 220 valence electrons. The first-order valence-corrected chi connectivity index (χ1v) is 15.3. The monoisotopic (exact) mass is 536 g/mol. The van der Waals surface area contributed by atoms with Crippen LogP contribution in [0.1, 0.15) is 137 Å². The van der Waals surface area contributed by atoms with Gasteiger partial charge in [0.2, 0.25) is 0 Å². The van der Waals surface area contributed by atoms with Crippen molar-refractivity contribution < 1.29 is 0 Å². The highest BCUT2D eigenvalue weighted by Gasteiger charge is 2.52. The zero-order chi connectivity index (χ0) is 29.7. The molecule has 2 aromatic heterocycles. The number of hydrogen-bond donors (Lipinski definition) is 0. The zero-order valence-electron chi connectivity index (χ0n) is 28.5. The summed E-state index contributed by atoms with van der Waals surface area (Å²) >= 11 is 0. The van der Waals surface area contributed by atoms with E-state index in [-0.39, 0.29) is 32.9 Å². The molecule has 4 heteroatoms. The molecule has 0 saturated heterocycles. The van der Waals surface area contributed by atoms with Gasteiger partial charge in [-0.3, -0.25) is 9.80 Å². The van der Waals surface area contributed by atoms with Crippen LogP contribution in [0.25, 0.3) is 0 Å². The van der Waals surface area contributed by atoms with E-state index < -0.39 is 0 Å². The first-order chi connectivity index (χ1) is 17.4. The lowest BCUT2D eigenvalue weighted by molar-refractivity contribution is -0.0312. The predicted molar refractivity (Wildman–Crippen MR) is 168 cm³/mol. The van der Waals surface area contributed by atoms with Gasteiger partial charge in [-0.05, 0) is 84.6 Å². The van der Waals surface area contributed by atoms with Crippen LogP contribution in [0.4, 0.5) is 0 Å². The minimum absolute atomic E-state index is 0.0150. The van der Waals surface area contributed by atoms with Crippen molar-refractivity contribution in [2.75, 3.05) is 13.1 Å². The van der Waals surface area contributed by atoms with Gasteiger partial charge in [-0.1, -0.05) is 48.5 Å². The Morgan fingerprint density at radius 2 is 1.28 bits per heavy atom. The van der Waals surface area contributed by atoms with Crippen molar-refractivity contribution >= 4 is 0 Å². The largest absolute Gasteiger partial charge is 0.350 e. The molecule has 39 heavy (non-hydrogen) atoms. The van der Waals surface area contributed by atoms with Crippen LogP contribution in [0.3, 0.4) is 0 Å². The Bertz CT molecular complexity index is 1230. The number of hydrogen-bond acceptors (Lipinski definition) is 2.